The molecule has 0 bridgehead atoms. The molecule has 0 fully saturated rings. The molecule has 2 aromatic heterocycles. The van der Waals surface area contributed by atoms with Crippen molar-refractivity contribution in [1.29, 1.82) is 0 Å². The third-order valence-electron chi connectivity index (χ3n) is 4.75. The first-order chi connectivity index (χ1) is 14.6. The molecule has 0 aliphatic heterocycles. The van der Waals surface area contributed by atoms with Crippen molar-refractivity contribution in [3.05, 3.63) is 82.6 Å². The van der Waals surface area contributed by atoms with Gasteiger partial charge in [-0.2, -0.15) is 0 Å². The van der Waals surface area contributed by atoms with Crippen LogP contribution in [-0.4, -0.2) is 18.9 Å². The Balaban J connectivity index is 1.51. The summed E-state index contributed by atoms with van der Waals surface area (Å²) >= 11 is 1.23. The average Bonchev–Trinajstić information content (AvgIpc) is 3.41. The zero-order valence-electron chi connectivity index (χ0n) is 16.5. The number of carbonyl (C=O) groups excluding carboxylic acids is 2. The monoisotopic (exact) mass is 420 g/mol. The molecule has 4 rings (SSSR count). The van der Waals surface area contributed by atoms with Gasteiger partial charge in [-0.15, -0.1) is 11.3 Å². The molecule has 0 saturated carbocycles. The van der Waals surface area contributed by atoms with E-state index < -0.39 is 0 Å². The summed E-state index contributed by atoms with van der Waals surface area (Å²) < 4.78 is 10.6. The molecular formula is C23H20N2O4S. The van der Waals surface area contributed by atoms with Crippen LogP contribution in [0.15, 0.2) is 65.3 Å². The van der Waals surface area contributed by atoms with Crippen molar-refractivity contribution >= 4 is 38.9 Å². The average molecular weight is 420 g/mol. The fraction of sp³-hybridized carbons (Fsp3) is 0.130. The van der Waals surface area contributed by atoms with E-state index >= 15 is 0 Å². The zero-order chi connectivity index (χ0) is 21.1. The fourth-order valence-corrected chi connectivity index (χ4v) is 4.27. The van der Waals surface area contributed by atoms with Gasteiger partial charge in [0.05, 0.1) is 23.3 Å². The second kappa shape index (κ2) is 8.42. The van der Waals surface area contributed by atoms with E-state index in [2.05, 4.69) is 10.6 Å². The molecule has 0 aliphatic carbocycles. The van der Waals surface area contributed by atoms with Crippen LogP contribution in [0.5, 0.6) is 5.75 Å². The number of thiophene rings is 1. The van der Waals surface area contributed by atoms with Gasteiger partial charge < -0.3 is 19.8 Å². The first-order valence-corrected chi connectivity index (χ1v) is 10.2. The van der Waals surface area contributed by atoms with Crippen molar-refractivity contribution in [3.63, 3.8) is 0 Å². The fourth-order valence-electron chi connectivity index (χ4n) is 3.29. The van der Waals surface area contributed by atoms with Crippen molar-refractivity contribution < 1.29 is 18.7 Å². The zero-order valence-corrected chi connectivity index (χ0v) is 17.3. The number of amides is 2. The number of rotatable bonds is 6. The predicted octanol–water partition coefficient (Wildman–Crippen LogP) is 4.99. The van der Waals surface area contributed by atoms with Crippen LogP contribution in [0.25, 0.3) is 10.8 Å². The summed E-state index contributed by atoms with van der Waals surface area (Å²) in [5.74, 6) is 0.387. The third-order valence-corrected chi connectivity index (χ3v) is 5.90. The van der Waals surface area contributed by atoms with Crippen molar-refractivity contribution in [1.82, 2.24) is 5.32 Å². The minimum Gasteiger partial charge on any atom is -0.496 e. The molecule has 2 heterocycles. The van der Waals surface area contributed by atoms with Gasteiger partial charge in [0.1, 0.15) is 5.75 Å². The predicted molar refractivity (Wildman–Crippen MR) is 117 cm³/mol. The summed E-state index contributed by atoms with van der Waals surface area (Å²) in [5, 5.41) is 8.44. The van der Waals surface area contributed by atoms with Gasteiger partial charge in [0.25, 0.3) is 11.8 Å². The maximum atomic E-state index is 12.8. The first kappa shape index (κ1) is 19.7. The number of aryl methyl sites for hydroxylation is 1. The van der Waals surface area contributed by atoms with Crippen molar-refractivity contribution in [2.45, 2.75) is 13.5 Å². The molecular weight excluding hydrogens is 400 g/mol. The van der Waals surface area contributed by atoms with Gasteiger partial charge in [-0.3, -0.25) is 9.59 Å². The van der Waals surface area contributed by atoms with E-state index in [1.54, 1.807) is 25.3 Å². The van der Waals surface area contributed by atoms with Gasteiger partial charge in [0.2, 0.25) is 0 Å². The molecule has 7 heteroatoms. The normalized spacial score (nSPS) is 10.7. The van der Waals surface area contributed by atoms with E-state index in [9.17, 15) is 9.59 Å². The highest BCUT2D eigenvalue weighted by Crippen LogP contribution is 2.29. The smallest absolute Gasteiger partial charge is 0.291 e. The van der Waals surface area contributed by atoms with Crippen LogP contribution >= 0.6 is 11.3 Å². The third kappa shape index (κ3) is 3.92. The van der Waals surface area contributed by atoms with Crippen LogP contribution in [0, 0.1) is 6.92 Å². The number of methoxy groups -OCH3 is 1. The summed E-state index contributed by atoms with van der Waals surface area (Å²) in [7, 11) is 1.62. The molecule has 0 spiro atoms. The van der Waals surface area contributed by atoms with Gasteiger partial charge in [0.15, 0.2) is 5.76 Å². The van der Waals surface area contributed by atoms with E-state index in [4.69, 9.17) is 9.15 Å². The number of ether oxygens (including phenoxy) is 1. The molecule has 152 valence electrons. The second-order valence-corrected chi connectivity index (χ2v) is 7.76. The van der Waals surface area contributed by atoms with Crippen LogP contribution in [0.4, 0.5) is 5.00 Å². The lowest BCUT2D eigenvalue weighted by molar-refractivity contribution is 0.0953. The number of fused-ring (bicyclic) bond motifs is 1. The Labute approximate surface area is 177 Å². The largest absolute Gasteiger partial charge is 0.496 e. The van der Waals surface area contributed by atoms with Gasteiger partial charge in [-0.1, -0.05) is 30.3 Å². The van der Waals surface area contributed by atoms with Crippen molar-refractivity contribution in [2.75, 3.05) is 12.4 Å². The lowest BCUT2D eigenvalue weighted by atomic mass is 10.0. The highest BCUT2D eigenvalue weighted by atomic mass is 32.1. The number of hydrogen-bond donors (Lipinski definition) is 2. The van der Waals surface area contributed by atoms with E-state index in [1.807, 2.05) is 43.3 Å². The Morgan fingerprint density at radius 1 is 1.07 bits per heavy atom. The molecule has 0 saturated heterocycles. The Morgan fingerprint density at radius 2 is 1.90 bits per heavy atom. The van der Waals surface area contributed by atoms with Crippen LogP contribution in [0.2, 0.25) is 0 Å². The lowest BCUT2D eigenvalue weighted by Gasteiger charge is -2.13. The summed E-state index contributed by atoms with van der Waals surface area (Å²) in [6.07, 6.45) is 1.44. The van der Waals surface area contributed by atoms with Gasteiger partial charge >= 0.3 is 0 Å². The summed E-state index contributed by atoms with van der Waals surface area (Å²) in [6, 6.07) is 16.9. The highest BCUT2D eigenvalue weighted by Gasteiger charge is 2.17. The van der Waals surface area contributed by atoms with Crippen LogP contribution in [0.3, 0.4) is 0 Å². The van der Waals surface area contributed by atoms with Crippen LogP contribution < -0.4 is 15.4 Å². The maximum Gasteiger partial charge on any atom is 0.291 e. The van der Waals surface area contributed by atoms with Gasteiger partial charge in [-0.25, -0.2) is 0 Å². The maximum absolute atomic E-state index is 12.8. The Bertz CT molecular complexity index is 1210. The number of benzene rings is 2. The van der Waals surface area contributed by atoms with Gasteiger partial charge in [0, 0.05) is 12.1 Å². The molecule has 2 N–H and O–H groups in total. The first-order valence-electron chi connectivity index (χ1n) is 9.35. The molecule has 30 heavy (non-hydrogen) atoms. The molecule has 0 aliphatic rings. The van der Waals surface area contributed by atoms with E-state index in [1.165, 1.54) is 17.6 Å². The molecule has 4 aromatic rings. The molecule has 0 radical (unpaired) electrons. The lowest BCUT2D eigenvalue weighted by Crippen LogP contribution is -2.23. The van der Waals surface area contributed by atoms with E-state index in [0.29, 0.717) is 16.4 Å². The molecule has 2 amide bonds. The molecule has 0 atom stereocenters. The minimum absolute atomic E-state index is 0.203. The van der Waals surface area contributed by atoms with E-state index in [-0.39, 0.29) is 17.6 Å². The minimum atomic E-state index is -0.353. The quantitative estimate of drug-likeness (QED) is 0.460. The standard InChI is InChI=1S/C23H20N2O4S/c1-14-12-20(25-22(26)19-8-5-11-29-19)30-21(14)23(27)24-13-17-16-7-4-3-6-15(16)9-10-18(17)28-2/h3-12H,13H2,1-2H3,(H,24,27)(H,25,26). The summed E-state index contributed by atoms with van der Waals surface area (Å²) in [5.41, 5.74) is 1.71. The topological polar surface area (TPSA) is 80.6 Å². The number of furan rings is 1. The van der Waals surface area contributed by atoms with Crippen molar-refractivity contribution in [2.24, 2.45) is 0 Å². The van der Waals surface area contributed by atoms with Crippen LogP contribution in [-0.2, 0) is 6.54 Å². The Hall–Kier alpha value is -3.58. The number of nitrogens with one attached hydrogen (secondary N) is 2. The Morgan fingerprint density at radius 3 is 2.67 bits per heavy atom. The van der Waals surface area contributed by atoms with E-state index in [0.717, 1.165) is 27.6 Å². The van der Waals surface area contributed by atoms with Gasteiger partial charge in [-0.05, 0) is 47.5 Å². The number of anilines is 1. The number of carbonyl (C=O) groups is 2. The Kier molecular flexibility index (Phi) is 5.54. The van der Waals surface area contributed by atoms with Crippen LogP contribution in [0.1, 0.15) is 31.4 Å². The molecule has 6 nitrogen and oxygen atoms in total. The second-order valence-electron chi connectivity index (χ2n) is 6.70. The summed E-state index contributed by atoms with van der Waals surface area (Å²) in [4.78, 5) is 25.5. The molecule has 0 unspecified atom stereocenters. The summed E-state index contributed by atoms with van der Waals surface area (Å²) in [6.45, 7) is 2.17. The molecule has 2 aromatic carbocycles. The van der Waals surface area contributed by atoms with Crippen molar-refractivity contribution in [3.8, 4) is 5.75 Å². The number of hydrogen-bond acceptors (Lipinski definition) is 5. The SMILES string of the molecule is COc1ccc2ccccc2c1CNC(=O)c1sc(NC(=O)c2ccco2)cc1C. The highest BCUT2D eigenvalue weighted by molar-refractivity contribution is 7.18.